The fourth-order valence-electron chi connectivity index (χ4n) is 2.03. The molecule has 3 aromatic rings. The number of anilines is 2. The molecule has 106 valence electrons. The average molecular weight is 299 g/mol. The normalized spacial score (nSPS) is 10.5. The van der Waals surface area contributed by atoms with Crippen LogP contribution < -0.4 is 5.32 Å². The number of esters is 1. The molecule has 0 aliphatic rings. The van der Waals surface area contributed by atoms with Crippen LogP contribution in [0, 0.1) is 0 Å². The van der Waals surface area contributed by atoms with Crippen molar-refractivity contribution in [3.8, 4) is 0 Å². The maximum Gasteiger partial charge on any atom is 0.360 e. The molecule has 6 heteroatoms. The molecule has 0 atom stereocenters. The summed E-state index contributed by atoms with van der Waals surface area (Å²) in [5.41, 5.74) is 2.85. The Balaban J connectivity index is 1.96. The minimum absolute atomic E-state index is 0.313. The number of carbonyl (C=O) groups excluding carboxylic acids is 1. The van der Waals surface area contributed by atoms with Gasteiger partial charge in [-0.3, -0.25) is 4.98 Å². The molecule has 0 radical (unpaired) electrons. The number of rotatable bonds is 4. The van der Waals surface area contributed by atoms with Crippen molar-refractivity contribution >= 4 is 38.8 Å². The molecule has 2 aromatic heterocycles. The number of aromatic nitrogens is 2. The van der Waals surface area contributed by atoms with Crippen LogP contribution >= 0.6 is 11.3 Å². The summed E-state index contributed by atoms with van der Waals surface area (Å²) in [7, 11) is 0. The van der Waals surface area contributed by atoms with Crippen molar-refractivity contribution in [3.63, 3.8) is 0 Å². The summed E-state index contributed by atoms with van der Waals surface area (Å²) in [6.45, 7) is 2.10. The molecular formula is C15H13N3O2S. The van der Waals surface area contributed by atoms with Crippen LogP contribution in [0.5, 0.6) is 0 Å². The van der Waals surface area contributed by atoms with E-state index in [0.717, 1.165) is 16.5 Å². The molecule has 0 spiro atoms. The number of benzene rings is 1. The zero-order valence-corrected chi connectivity index (χ0v) is 12.2. The fourth-order valence-corrected chi connectivity index (χ4v) is 2.71. The number of thiazole rings is 1. The molecule has 5 nitrogen and oxygen atoms in total. The highest BCUT2D eigenvalue weighted by Gasteiger charge is 2.16. The van der Waals surface area contributed by atoms with Crippen LogP contribution in [0.1, 0.15) is 17.4 Å². The summed E-state index contributed by atoms with van der Waals surface area (Å²) in [5.74, 6) is -0.414. The number of fused-ring (bicyclic) bond motifs is 1. The van der Waals surface area contributed by atoms with Crippen molar-refractivity contribution in [1.29, 1.82) is 0 Å². The van der Waals surface area contributed by atoms with E-state index in [4.69, 9.17) is 4.74 Å². The number of pyridine rings is 1. The number of nitrogens with zero attached hydrogens (tertiary/aromatic N) is 2. The smallest absolute Gasteiger partial charge is 0.360 e. The monoisotopic (exact) mass is 299 g/mol. The predicted octanol–water partition coefficient (Wildman–Crippen LogP) is 3.61. The van der Waals surface area contributed by atoms with Gasteiger partial charge in [-0.15, -0.1) is 11.3 Å². The second-order valence-electron chi connectivity index (χ2n) is 4.28. The Morgan fingerprint density at radius 1 is 1.38 bits per heavy atom. The van der Waals surface area contributed by atoms with Gasteiger partial charge in [-0.2, -0.15) is 0 Å². The van der Waals surface area contributed by atoms with Crippen LogP contribution in [-0.2, 0) is 4.74 Å². The van der Waals surface area contributed by atoms with Crippen LogP contribution in [0.3, 0.4) is 0 Å². The largest absolute Gasteiger partial charge is 0.461 e. The predicted molar refractivity (Wildman–Crippen MR) is 83.1 cm³/mol. The minimum atomic E-state index is -0.414. The zero-order valence-electron chi connectivity index (χ0n) is 11.4. The molecule has 0 bridgehead atoms. The highest BCUT2D eigenvalue weighted by Crippen LogP contribution is 2.30. The van der Waals surface area contributed by atoms with Gasteiger partial charge >= 0.3 is 5.97 Å². The maximum atomic E-state index is 11.9. The van der Waals surface area contributed by atoms with Gasteiger partial charge in [0.2, 0.25) is 0 Å². The molecule has 0 unspecified atom stereocenters. The lowest BCUT2D eigenvalue weighted by atomic mass is 10.1. The first kappa shape index (κ1) is 13.5. The fraction of sp³-hybridized carbons (Fsp3) is 0.133. The van der Waals surface area contributed by atoms with E-state index in [-0.39, 0.29) is 0 Å². The van der Waals surface area contributed by atoms with Gasteiger partial charge in [-0.1, -0.05) is 12.1 Å². The van der Waals surface area contributed by atoms with Crippen molar-refractivity contribution in [2.75, 3.05) is 11.9 Å². The number of nitrogens with one attached hydrogen (secondary N) is 1. The van der Waals surface area contributed by atoms with E-state index in [0.29, 0.717) is 17.3 Å². The summed E-state index contributed by atoms with van der Waals surface area (Å²) in [6.07, 6.45) is 3.55. The van der Waals surface area contributed by atoms with E-state index < -0.39 is 5.97 Å². The molecule has 2 heterocycles. The SMILES string of the molecule is CCOC(=O)c1ncsc1Nc1cccc2cnccc12. The molecule has 0 amide bonds. The average Bonchev–Trinajstić information content (AvgIpc) is 2.96. The number of hydrogen-bond acceptors (Lipinski definition) is 6. The third kappa shape index (κ3) is 2.71. The third-order valence-corrected chi connectivity index (χ3v) is 3.71. The van der Waals surface area contributed by atoms with Crippen LogP contribution in [0.4, 0.5) is 10.7 Å². The van der Waals surface area contributed by atoms with Crippen molar-refractivity contribution < 1.29 is 9.53 Å². The lowest BCUT2D eigenvalue weighted by molar-refractivity contribution is 0.0521. The molecule has 21 heavy (non-hydrogen) atoms. The lowest BCUT2D eigenvalue weighted by Crippen LogP contribution is -2.07. The number of carbonyl (C=O) groups is 1. The Morgan fingerprint density at radius 2 is 2.29 bits per heavy atom. The van der Waals surface area contributed by atoms with E-state index in [1.165, 1.54) is 11.3 Å². The van der Waals surface area contributed by atoms with Gasteiger partial charge in [0.15, 0.2) is 5.69 Å². The Morgan fingerprint density at radius 3 is 3.14 bits per heavy atom. The van der Waals surface area contributed by atoms with E-state index in [2.05, 4.69) is 15.3 Å². The van der Waals surface area contributed by atoms with Gasteiger partial charge in [0.05, 0.1) is 12.1 Å². The van der Waals surface area contributed by atoms with Crippen molar-refractivity contribution in [2.45, 2.75) is 6.92 Å². The van der Waals surface area contributed by atoms with Gasteiger partial charge < -0.3 is 10.1 Å². The maximum absolute atomic E-state index is 11.9. The first-order valence-corrected chi connectivity index (χ1v) is 7.38. The van der Waals surface area contributed by atoms with Gasteiger partial charge in [0.25, 0.3) is 0 Å². The molecule has 1 aromatic carbocycles. The van der Waals surface area contributed by atoms with Crippen LogP contribution in [0.25, 0.3) is 10.8 Å². The topological polar surface area (TPSA) is 64.1 Å². The van der Waals surface area contributed by atoms with Crippen molar-refractivity contribution in [2.24, 2.45) is 0 Å². The van der Waals surface area contributed by atoms with E-state index in [9.17, 15) is 4.79 Å². The molecule has 0 aliphatic carbocycles. The molecule has 0 saturated carbocycles. The standard InChI is InChI=1S/C15H13N3O2S/c1-2-20-15(19)13-14(21-9-17-13)18-12-5-3-4-10-8-16-7-6-11(10)12/h3-9,18H,2H2,1H3. The van der Waals surface area contributed by atoms with Gasteiger partial charge in [-0.05, 0) is 19.1 Å². The zero-order chi connectivity index (χ0) is 14.7. The Kier molecular flexibility index (Phi) is 3.79. The second kappa shape index (κ2) is 5.88. The van der Waals surface area contributed by atoms with E-state index in [1.54, 1.807) is 24.8 Å². The summed E-state index contributed by atoms with van der Waals surface area (Å²) >= 11 is 1.37. The van der Waals surface area contributed by atoms with Crippen LogP contribution in [0.15, 0.2) is 42.2 Å². The summed E-state index contributed by atoms with van der Waals surface area (Å²) in [4.78, 5) is 20.0. The lowest BCUT2D eigenvalue weighted by Gasteiger charge is -2.09. The number of hydrogen-bond donors (Lipinski definition) is 1. The Bertz CT molecular complexity index is 780. The Hall–Kier alpha value is -2.47. The highest BCUT2D eigenvalue weighted by molar-refractivity contribution is 7.14. The van der Waals surface area contributed by atoms with E-state index in [1.807, 2.05) is 24.3 Å². The number of ether oxygens (including phenoxy) is 1. The minimum Gasteiger partial charge on any atom is -0.461 e. The Labute approximate surface area is 125 Å². The molecule has 3 rings (SSSR count). The molecule has 0 aliphatic heterocycles. The summed E-state index contributed by atoms with van der Waals surface area (Å²) in [5, 5.41) is 6.01. The summed E-state index contributed by atoms with van der Waals surface area (Å²) < 4.78 is 5.01. The molecule has 0 fully saturated rings. The third-order valence-electron chi connectivity index (χ3n) is 2.97. The first-order valence-electron chi connectivity index (χ1n) is 6.50. The van der Waals surface area contributed by atoms with Gasteiger partial charge in [0, 0.05) is 28.9 Å². The van der Waals surface area contributed by atoms with Crippen molar-refractivity contribution in [1.82, 2.24) is 9.97 Å². The van der Waals surface area contributed by atoms with Crippen LogP contribution in [0.2, 0.25) is 0 Å². The highest BCUT2D eigenvalue weighted by atomic mass is 32.1. The second-order valence-corrected chi connectivity index (χ2v) is 5.13. The van der Waals surface area contributed by atoms with Crippen molar-refractivity contribution in [3.05, 3.63) is 47.9 Å². The van der Waals surface area contributed by atoms with Gasteiger partial charge in [0.1, 0.15) is 5.00 Å². The van der Waals surface area contributed by atoms with Gasteiger partial charge in [-0.25, -0.2) is 9.78 Å². The summed E-state index contributed by atoms with van der Waals surface area (Å²) in [6, 6.07) is 7.82. The first-order chi connectivity index (χ1) is 10.3. The van der Waals surface area contributed by atoms with E-state index >= 15 is 0 Å². The quantitative estimate of drug-likeness (QED) is 0.746. The molecule has 0 saturated heterocycles. The molecular weight excluding hydrogens is 286 g/mol. The molecule has 1 N–H and O–H groups in total. The van der Waals surface area contributed by atoms with Crippen LogP contribution in [-0.4, -0.2) is 22.5 Å².